The number of amides is 1. The molecule has 1 aliphatic heterocycles. The Labute approximate surface area is 97.8 Å². The normalized spacial score (nSPS) is 29.4. The molecule has 2 rings (SSSR count). The summed E-state index contributed by atoms with van der Waals surface area (Å²) in [6.45, 7) is 3.53. The predicted molar refractivity (Wildman–Crippen MR) is 63.0 cm³/mol. The third kappa shape index (κ3) is 2.10. The summed E-state index contributed by atoms with van der Waals surface area (Å²) in [5.74, 6) is 0.311. The Kier molecular flexibility index (Phi) is 3.53. The van der Waals surface area contributed by atoms with Crippen molar-refractivity contribution >= 4 is 5.91 Å². The molecule has 2 aliphatic rings. The second-order valence-corrected chi connectivity index (χ2v) is 5.39. The van der Waals surface area contributed by atoms with Gasteiger partial charge in [-0.3, -0.25) is 4.79 Å². The van der Waals surface area contributed by atoms with Crippen LogP contribution >= 0.6 is 0 Å². The van der Waals surface area contributed by atoms with Crippen molar-refractivity contribution < 1.29 is 9.90 Å². The van der Waals surface area contributed by atoms with Crippen molar-refractivity contribution in [3.8, 4) is 0 Å². The van der Waals surface area contributed by atoms with Gasteiger partial charge in [0.25, 0.3) is 0 Å². The number of carbonyl (C=O) groups is 1. The summed E-state index contributed by atoms with van der Waals surface area (Å²) in [5, 5.41) is 9.63. The number of rotatable bonds is 2. The van der Waals surface area contributed by atoms with E-state index in [1.54, 1.807) is 0 Å². The van der Waals surface area contributed by atoms with Gasteiger partial charge in [-0.1, -0.05) is 19.8 Å². The molecule has 2 fully saturated rings. The highest BCUT2D eigenvalue weighted by Gasteiger charge is 2.42. The molecule has 3 nitrogen and oxygen atoms in total. The van der Waals surface area contributed by atoms with Gasteiger partial charge >= 0.3 is 0 Å². The third-order valence-electron chi connectivity index (χ3n) is 4.37. The van der Waals surface area contributed by atoms with Crippen LogP contribution in [0.15, 0.2) is 0 Å². The molecule has 0 aromatic carbocycles. The molecule has 3 heteroatoms. The van der Waals surface area contributed by atoms with Crippen LogP contribution in [0, 0.1) is 5.41 Å². The van der Waals surface area contributed by atoms with Gasteiger partial charge in [-0.15, -0.1) is 0 Å². The van der Waals surface area contributed by atoms with Crippen molar-refractivity contribution in [3.63, 3.8) is 0 Å². The lowest BCUT2D eigenvalue weighted by Crippen LogP contribution is -2.48. The van der Waals surface area contributed by atoms with Gasteiger partial charge in [0.15, 0.2) is 0 Å². The molecule has 1 atom stereocenters. The molecular formula is C13H23NO2. The molecule has 92 valence electrons. The summed E-state index contributed by atoms with van der Waals surface area (Å²) in [6.07, 6.45) is 6.94. The lowest BCUT2D eigenvalue weighted by atomic mass is 9.81. The topological polar surface area (TPSA) is 40.5 Å². The number of piperidine rings is 1. The van der Waals surface area contributed by atoms with Crippen LogP contribution < -0.4 is 0 Å². The quantitative estimate of drug-likeness (QED) is 0.780. The molecule has 1 N–H and O–H groups in total. The van der Waals surface area contributed by atoms with Crippen LogP contribution in [-0.4, -0.2) is 35.1 Å². The van der Waals surface area contributed by atoms with E-state index in [1.807, 2.05) is 4.90 Å². The summed E-state index contributed by atoms with van der Waals surface area (Å²) in [7, 11) is 0. The van der Waals surface area contributed by atoms with Gasteiger partial charge < -0.3 is 10.0 Å². The zero-order valence-electron chi connectivity index (χ0n) is 10.2. The predicted octanol–water partition coefficient (Wildman–Crippen LogP) is 1.94. The highest BCUT2D eigenvalue weighted by atomic mass is 16.3. The van der Waals surface area contributed by atoms with Crippen molar-refractivity contribution in [1.29, 1.82) is 0 Å². The second kappa shape index (κ2) is 4.74. The second-order valence-electron chi connectivity index (χ2n) is 5.39. The summed E-state index contributed by atoms with van der Waals surface area (Å²) >= 11 is 0. The number of hydrogen-bond donors (Lipinski definition) is 1. The minimum absolute atomic E-state index is 0.0862. The lowest BCUT2D eigenvalue weighted by molar-refractivity contribution is -0.145. The molecule has 1 saturated carbocycles. The molecule has 16 heavy (non-hydrogen) atoms. The van der Waals surface area contributed by atoms with Crippen molar-refractivity contribution in [2.75, 3.05) is 13.1 Å². The summed E-state index contributed by atoms with van der Waals surface area (Å²) in [5.41, 5.74) is -0.0862. The largest absolute Gasteiger partial charge is 0.391 e. The van der Waals surface area contributed by atoms with Crippen molar-refractivity contribution in [2.45, 2.75) is 58.0 Å². The Morgan fingerprint density at radius 3 is 2.62 bits per heavy atom. The first kappa shape index (κ1) is 11.9. The molecule has 1 amide bonds. The van der Waals surface area contributed by atoms with E-state index in [2.05, 4.69) is 6.92 Å². The number of nitrogens with zero attached hydrogens (tertiary/aromatic N) is 1. The average molecular weight is 225 g/mol. The SMILES string of the molecule is CCC1(C(=O)N2CCC[C@H](O)C2)CCCC1. The summed E-state index contributed by atoms with van der Waals surface area (Å²) in [4.78, 5) is 14.4. The fraction of sp³-hybridized carbons (Fsp3) is 0.923. The molecule has 0 unspecified atom stereocenters. The molecule has 0 aromatic rings. The van der Waals surface area contributed by atoms with E-state index in [1.165, 1.54) is 12.8 Å². The van der Waals surface area contributed by atoms with Gasteiger partial charge in [0.05, 0.1) is 6.10 Å². The van der Waals surface area contributed by atoms with Crippen molar-refractivity contribution in [2.24, 2.45) is 5.41 Å². The Hall–Kier alpha value is -0.570. The van der Waals surface area contributed by atoms with Crippen LogP contribution in [0.2, 0.25) is 0 Å². The molecule has 0 spiro atoms. The van der Waals surface area contributed by atoms with Crippen LogP contribution in [-0.2, 0) is 4.79 Å². The lowest BCUT2D eigenvalue weighted by Gasteiger charge is -2.37. The Morgan fingerprint density at radius 1 is 1.38 bits per heavy atom. The zero-order valence-corrected chi connectivity index (χ0v) is 10.2. The maximum atomic E-state index is 12.5. The average Bonchev–Trinajstić information content (AvgIpc) is 2.78. The van der Waals surface area contributed by atoms with Crippen LogP contribution in [0.4, 0.5) is 0 Å². The number of carbonyl (C=O) groups excluding carboxylic acids is 1. The molecule has 1 saturated heterocycles. The molecule has 0 aromatic heterocycles. The van der Waals surface area contributed by atoms with Gasteiger partial charge in [-0.2, -0.15) is 0 Å². The maximum Gasteiger partial charge on any atom is 0.228 e. The first-order valence-corrected chi connectivity index (χ1v) is 6.65. The highest BCUT2D eigenvalue weighted by molar-refractivity contribution is 5.83. The standard InChI is InChI=1S/C13H23NO2/c1-2-13(7-3-4-8-13)12(16)14-9-5-6-11(15)10-14/h11,15H,2-10H2,1H3/t11-/m0/s1. The van der Waals surface area contributed by atoms with E-state index < -0.39 is 0 Å². The van der Waals surface area contributed by atoms with Crippen molar-refractivity contribution in [1.82, 2.24) is 4.90 Å². The first-order chi connectivity index (χ1) is 7.68. The molecule has 0 bridgehead atoms. The van der Waals surface area contributed by atoms with E-state index in [9.17, 15) is 9.90 Å². The third-order valence-corrected chi connectivity index (χ3v) is 4.37. The molecular weight excluding hydrogens is 202 g/mol. The highest BCUT2D eigenvalue weighted by Crippen LogP contribution is 2.42. The van der Waals surface area contributed by atoms with Crippen molar-refractivity contribution in [3.05, 3.63) is 0 Å². The Morgan fingerprint density at radius 2 is 2.06 bits per heavy atom. The Bertz CT molecular complexity index is 259. The van der Waals surface area contributed by atoms with E-state index in [0.29, 0.717) is 12.5 Å². The number of aliphatic hydroxyl groups excluding tert-OH is 1. The number of hydrogen-bond acceptors (Lipinski definition) is 2. The fourth-order valence-electron chi connectivity index (χ4n) is 3.25. The number of β-amino-alcohol motifs (C(OH)–C–C–N with tert-alkyl or cyclic N) is 1. The smallest absolute Gasteiger partial charge is 0.228 e. The van der Waals surface area contributed by atoms with Gasteiger partial charge in [-0.05, 0) is 32.1 Å². The molecule has 1 heterocycles. The summed E-state index contributed by atoms with van der Waals surface area (Å²) in [6, 6.07) is 0. The van der Waals surface area contributed by atoms with E-state index in [-0.39, 0.29) is 11.5 Å². The molecule has 0 radical (unpaired) electrons. The minimum Gasteiger partial charge on any atom is -0.391 e. The minimum atomic E-state index is -0.298. The van der Waals surface area contributed by atoms with Crippen LogP contribution in [0.5, 0.6) is 0 Å². The van der Waals surface area contributed by atoms with Crippen LogP contribution in [0.25, 0.3) is 0 Å². The first-order valence-electron chi connectivity index (χ1n) is 6.65. The number of aliphatic hydroxyl groups is 1. The van der Waals surface area contributed by atoms with E-state index in [4.69, 9.17) is 0 Å². The fourth-order valence-corrected chi connectivity index (χ4v) is 3.25. The van der Waals surface area contributed by atoms with Gasteiger partial charge in [0.1, 0.15) is 0 Å². The zero-order chi connectivity index (χ0) is 11.6. The van der Waals surface area contributed by atoms with E-state index in [0.717, 1.165) is 38.6 Å². The monoisotopic (exact) mass is 225 g/mol. The van der Waals surface area contributed by atoms with Gasteiger partial charge in [-0.25, -0.2) is 0 Å². The van der Waals surface area contributed by atoms with Gasteiger partial charge in [0, 0.05) is 18.5 Å². The van der Waals surface area contributed by atoms with E-state index >= 15 is 0 Å². The summed E-state index contributed by atoms with van der Waals surface area (Å²) < 4.78 is 0. The maximum absolute atomic E-state index is 12.5. The van der Waals surface area contributed by atoms with Crippen LogP contribution in [0.3, 0.4) is 0 Å². The Balaban J connectivity index is 2.04. The number of likely N-dealkylation sites (tertiary alicyclic amines) is 1. The van der Waals surface area contributed by atoms with Gasteiger partial charge in [0.2, 0.25) is 5.91 Å². The van der Waals surface area contributed by atoms with Crippen LogP contribution in [0.1, 0.15) is 51.9 Å². The molecule has 1 aliphatic carbocycles.